The van der Waals surface area contributed by atoms with Crippen molar-refractivity contribution >= 4 is 16.0 Å². The van der Waals surface area contributed by atoms with Crippen molar-refractivity contribution < 1.29 is 18.3 Å². The van der Waals surface area contributed by atoms with Gasteiger partial charge in [-0.05, 0) is 19.1 Å². The van der Waals surface area contributed by atoms with E-state index in [1.54, 1.807) is 19.3 Å². The lowest BCUT2D eigenvalue weighted by molar-refractivity contribution is -0.140. The molecule has 1 rings (SSSR count). The molecule has 0 bridgehead atoms. The number of aryl methyl sites for hydroxylation is 1. The zero-order valence-electron chi connectivity index (χ0n) is 9.28. The number of hydrogen-bond donors (Lipinski definition) is 1. The lowest BCUT2D eigenvalue weighted by Crippen LogP contribution is -2.40. The molecule has 0 aromatic carbocycles. The number of carbonyl (C=O) groups is 1. The van der Waals surface area contributed by atoms with Gasteiger partial charge >= 0.3 is 5.97 Å². The van der Waals surface area contributed by atoms with Crippen molar-refractivity contribution in [3.05, 3.63) is 18.3 Å². The number of aliphatic carboxylic acids is 1. The molecule has 0 saturated heterocycles. The molecule has 1 atom stereocenters. The van der Waals surface area contributed by atoms with E-state index in [1.165, 1.54) is 24.6 Å². The molecule has 1 aromatic heterocycles. The standard InChI is InChI=1S/C9H14N2O4S/c1-7(9(12)13)11(3)16(14,15)8-5-4-6-10(8)2/h4-7H,1-3H3,(H,12,13). The van der Waals surface area contributed by atoms with Crippen molar-refractivity contribution in [2.45, 2.75) is 18.0 Å². The molecule has 0 radical (unpaired) electrons. The Hall–Kier alpha value is -1.34. The smallest absolute Gasteiger partial charge is 0.321 e. The summed E-state index contributed by atoms with van der Waals surface area (Å²) in [4.78, 5) is 10.7. The molecule has 0 aliphatic heterocycles. The van der Waals surface area contributed by atoms with Crippen LogP contribution in [0.1, 0.15) is 6.92 Å². The van der Waals surface area contributed by atoms with Crippen LogP contribution in [0.3, 0.4) is 0 Å². The van der Waals surface area contributed by atoms with Crippen LogP contribution in [0.5, 0.6) is 0 Å². The number of hydrogen-bond acceptors (Lipinski definition) is 3. The summed E-state index contributed by atoms with van der Waals surface area (Å²) in [6, 6.07) is 1.92. The Labute approximate surface area is 94.2 Å². The normalized spacial score (nSPS) is 14.0. The fraction of sp³-hybridized carbons (Fsp3) is 0.444. The Morgan fingerprint density at radius 1 is 1.56 bits per heavy atom. The molecule has 90 valence electrons. The molecule has 1 N–H and O–H groups in total. The van der Waals surface area contributed by atoms with Gasteiger partial charge in [0, 0.05) is 20.3 Å². The minimum absolute atomic E-state index is 0.0723. The van der Waals surface area contributed by atoms with Crippen molar-refractivity contribution in [2.75, 3.05) is 7.05 Å². The summed E-state index contributed by atoms with van der Waals surface area (Å²) in [6.07, 6.45) is 1.59. The largest absolute Gasteiger partial charge is 0.480 e. The lowest BCUT2D eigenvalue weighted by Gasteiger charge is -2.21. The molecule has 0 saturated carbocycles. The Balaban J connectivity index is 3.13. The summed E-state index contributed by atoms with van der Waals surface area (Å²) in [6.45, 7) is 1.32. The Morgan fingerprint density at radius 3 is 2.50 bits per heavy atom. The Morgan fingerprint density at radius 2 is 2.12 bits per heavy atom. The van der Waals surface area contributed by atoms with Gasteiger partial charge in [0.15, 0.2) is 0 Å². The highest BCUT2D eigenvalue weighted by molar-refractivity contribution is 7.89. The van der Waals surface area contributed by atoms with E-state index in [4.69, 9.17) is 5.11 Å². The number of sulfonamides is 1. The van der Waals surface area contributed by atoms with Gasteiger partial charge in [0.2, 0.25) is 0 Å². The van der Waals surface area contributed by atoms with Crippen LogP contribution in [-0.2, 0) is 21.9 Å². The molecule has 1 unspecified atom stereocenters. The summed E-state index contributed by atoms with van der Waals surface area (Å²) < 4.78 is 26.3. The molecule has 1 heterocycles. The van der Waals surface area contributed by atoms with Crippen LogP contribution >= 0.6 is 0 Å². The number of rotatable bonds is 4. The topological polar surface area (TPSA) is 79.6 Å². The molecule has 16 heavy (non-hydrogen) atoms. The maximum atomic E-state index is 12.0. The molecule has 0 amide bonds. The maximum Gasteiger partial charge on any atom is 0.321 e. The first-order valence-electron chi connectivity index (χ1n) is 4.60. The quantitative estimate of drug-likeness (QED) is 0.818. The monoisotopic (exact) mass is 246 g/mol. The SMILES string of the molecule is CC(C(=O)O)N(C)S(=O)(=O)c1cccn1C. The second kappa shape index (κ2) is 4.26. The Kier molecular flexibility index (Phi) is 3.39. The molecule has 1 aromatic rings. The summed E-state index contributed by atoms with van der Waals surface area (Å²) >= 11 is 0. The van der Waals surface area contributed by atoms with Crippen molar-refractivity contribution in [1.29, 1.82) is 0 Å². The second-order valence-corrected chi connectivity index (χ2v) is 5.44. The molecule has 0 spiro atoms. The van der Waals surface area contributed by atoms with E-state index in [2.05, 4.69) is 0 Å². The molecule has 0 fully saturated rings. The third-order valence-electron chi connectivity index (χ3n) is 2.44. The van der Waals surface area contributed by atoms with Gasteiger partial charge in [-0.3, -0.25) is 4.79 Å². The van der Waals surface area contributed by atoms with Crippen LogP contribution in [0.2, 0.25) is 0 Å². The van der Waals surface area contributed by atoms with Crippen LogP contribution in [0.15, 0.2) is 23.4 Å². The highest BCUT2D eigenvalue weighted by Crippen LogP contribution is 2.16. The molecule has 6 nitrogen and oxygen atoms in total. The summed E-state index contributed by atoms with van der Waals surface area (Å²) in [5.41, 5.74) is 0. The van der Waals surface area contributed by atoms with E-state index in [1.807, 2.05) is 0 Å². The fourth-order valence-corrected chi connectivity index (χ4v) is 2.70. The van der Waals surface area contributed by atoms with E-state index in [-0.39, 0.29) is 5.03 Å². The van der Waals surface area contributed by atoms with Crippen LogP contribution in [-0.4, -0.2) is 41.5 Å². The highest BCUT2D eigenvalue weighted by Gasteiger charge is 2.30. The average molecular weight is 246 g/mol. The van der Waals surface area contributed by atoms with Crippen LogP contribution in [0, 0.1) is 0 Å². The van der Waals surface area contributed by atoms with Gasteiger partial charge in [-0.25, -0.2) is 8.42 Å². The van der Waals surface area contributed by atoms with Crippen LogP contribution < -0.4 is 0 Å². The summed E-state index contributed by atoms with van der Waals surface area (Å²) in [5.74, 6) is -1.18. The van der Waals surface area contributed by atoms with Crippen LogP contribution in [0.4, 0.5) is 0 Å². The van der Waals surface area contributed by atoms with Gasteiger partial charge in [-0.1, -0.05) is 0 Å². The van der Waals surface area contributed by atoms with E-state index in [9.17, 15) is 13.2 Å². The number of nitrogens with zero attached hydrogens (tertiary/aromatic N) is 2. The number of carboxylic acid groups (broad SMARTS) is 1. The minimum Gasteiger partial charge on any atom is -0.480 e. The summed E-state index contributed by atoms with van der Waals surface area (Å²) in [5, 5.41) is 8.84. The van der Waals surface area contributed by atoms with Gasteiger partial charge in [0.25, 0.3) is 10.0 Å². The molecular formula is C9H14N2O4S. The van der Waals surface area contributed by atoms with Crippen molar-refractivity contribution in [2.24, 2.45) is 7.05 Å². The second-order valence-electron chi connectivity index (χ2n) is 3.49. The van der Waals surface area contributed by atoms with E-state index < -0.39 is 22.0 Å². The van der Waals surface area contributed by atoms with Crippen molar-refractivity contribution in [3.8, 4) is 0 Å². The van der Waals surface area contributed by atoms with Gasteiger partial charge in [0.1, 0.15) is 11.1 Å². The van der Waals surface area contributed by atoms with Gasteiger partial charge in [0.05, 0.1) is 0 Å². The predicted molar refractivity (Wildman–Crippen MR) is 57.5 cm³/mol. The first-order chi connectivity index (χ1) is 7.28. The third-order valence-corrected chi connectivity index (χ3v) is 4.47. The van der Waals surface area contributed by atoms with Gasteiger partial charge < -0.3 is 9.67 Å². The predicted octanol–water partition coefficient (Wildman–Crippen LogP) is 0.119. The molecular weight excluding hydrogens is 232 g/mol. The number of likely N-dealkylation sites (N-methyl/N-ethyl adjacent to an activating group) is 1. The first-order valence-corrected chi connectivity index (χ1v) is 6.04. The highest BCUT2D eigenvalue weighted by atomic mass is 32.2. The number of carboxylic acids is 1. The van der Waals surface area contributed by atoms with Crippen molar-refractivity contribution in [3.63, 3.8) is 0 Å². The van der Waals surface area contributed by atoms with E-state index in [0.717, 1.165) is 4.31 Å². The molecule has 7 heteroatoms. The summed E-state index contributed by atoms with van der Waals surface area (Å²) in [7, 11) is -0.915. The zero-order valence-corrected chi connectivity index (χ0v) is 10.1. The zero-order chi connectivity index (χ0) is 12.5. The van der Waals surface area contributed by atoms with Crippen LogP contribution in [0.25, 0.3) is 0 Å². The van der Waals surface area contributed by atoms with Gasteiger partial charge in [-0.2, -0.15) is 4.31 Å². The fourth-order valence-electron chi connectivity index (χ4n) is 1.22. The lowest BCUT2D eigenvalue weighted by atomic mass is 10.4. The average Bonchev–Trinajstić information content (AvgIpc) is 2.62. The van der Waals surface area contributed by atoms with E-state index in [0.29, 0.717) is 0 Å². The third kappa shape index (κ3) is 2.10. The Bertz CT molecular complexity index is 491. The van der Waals surface area contributed by atoms with Crippen molar-refractivity contribution in [1.82, 2.24) is 8.87 Å². The maximum absolute atomic E-state index is 12.0. The molecule has 0 aliphatic carbocycles. The first kappa shape index (κ1) is 12.7. The van der Waals surface area contributed by atoms with E-state index >= 15 is 0 Å². The molecule has 0 aliphatic rings. The number of aromatic nitrogens is 1. The van der Waals surface area contributed by atoms with Gasteiger partial charge in [-0.15, -0.1) is 0 Å². The minimum atomic E-state index is -3.76.